The summed E-state index contributed by atoms with van der Waals surface area (Å²) in [4.78, 5) is 43.9. The van der Waals surface area contributed by atoms with Crippen LogP contribution >= 0.6 is 11.8 Å². The number of carbonyl (C=O) groups is 3. The van der Waals surface area contributed by atoms with Gasteiger partial charge in [-0.15, -0.1) is 0 Å². The number of hydrogen-bond acceptors (Lipinski definition) is 5. The molecule has 2 aliphatic rings. The number of imide groups is 1. The van der Waals surface area contributed by atoms with Gasteiger partial charge < -0.3 is 9.47 Å². The molecule has 7 nitrogen and oxygen atoms in total. The second-order valence-corrected chi connectivity index (χ2v) is 8.31. The van der Waals surface area contributed by atoms with Gasteiger partial charge in [-0.25, -0.2) is 4.98 Å². The molecule has 1 aromatic heterocycles. The van der Waals surface area contributed by atoms with E-state index < -0.39 is 11.4 Å². The number of hydrogen-bond donors (Lipinski definition) is 1. The number of thioether (sulfide) groups is 1. The summed E-state index contributed by atoms with van der Waals surface area (Å²) in [6.45, 7) is 2.76. The number of nitrogens with zero attached hydrogens (tertiary/aromatic N) is 3. The van der Waals surface area contributed by atoms with Crippen LogP contribution in [0.5, 0.6) is 0 Å². The molecule has 0 unspecified atom stereocenters. The van der Waals surface area contributed by atoms with Crippen molar-refractivity contribution in [3.63, 3.8) is 0 Å². The Kier molecular flexibility index (Phi) is 5.14. The van der Waals surface area contributed by atoms with E-state index in [0.717, 1.165) is 42.0 Å². The number of benzene rings is 1. The highest BCUT2D eigenvalue weighted by Crippen LogP contribution is 2.36. The van der Waals surface area contributed by atoms with Crippen LogP contribution in [0.3, 0.4) is 0 Å². The molecule has 2 fully saturated rings. The zero-order valence-corrected chi connectivity index (χ0v) is 16.8. The molecule has 148 valence electrons. The van der Waals surface area contributed by atoms with E-state index >= 15 is 0 Å². The summed E-state index contributed by atoms with van der Waals surface area (Å²) in [6.07, 6.45) is 4.08. The average molecular weight is 401 g/mol. The first-order chi connectivity index (χ1) is 13.5. The molecule has 8 heteroatoms. The first kappa shape index (κ1) is 19.0. The fraction of sp³-hybridized carbons (Fsp3) is 0.500. The maximum Gasteiger partial charge on any atom is 0.252 e. The van der Waals surface area contributed by atoms with Crippen LogP contribution in [0.15, 0.2) is 29.4 Å². The van der Waals surface area contributed by atoms with Gasteiger partial charge in [-0.2, -0.15) is 0 Å². The predicted molar refractivity (Wildman–Crippen MR) is 107 cm³/mol. The number of nitrogens with one attached hydrogen (secondary N) is 1. The van der Waals surface area contributed by atoms with E-state index in [1.807, 2.05) is 31.2 Å². The minimum atomic E-state index is -0.866. The van der Waals surface area contributed by atoms with Crippen LogP contribution in [0.25, 0.3) is 11.0 Å². The van der Waals surface area contributed by atoms with Gasteiger partial charge in [-0.1, -0.05) is 43.2 Å². The van der Waals surface area contributed by atoms with Crippen molar-refractivity contribution < 1.29 is 14.4 Å². The zero-order chi connectivity index (χ0) is 19.7. The third kappa shape index (κ3) is 3.19. The maximum atomic E-state index is 13.1. The third-order valence-electron chi connectivity index (χ3n) is 5.74. The molecule has 1 aromatic carbocycles. The van der Waals surface area contributed by atoms with E-state index in [1.165, 1.54) is 16.7 Å². The van der Waals surface area contributed by atoms with E-state index in [1.54, 1.807) is 0 Å². The van der Waals surface area contributed by atoms with Crippen molar-refractivity contribution in [2.75, 3.05) is 12.3 Å². The van der Waals surface area contributed by atoms with Crippen molar-refractivity contribution in [2.45, 2.75) is 56.3 Å². The Hall–Kier alpha value is -2.35. The van der Waals surface area contributed by atoms with E-state index in [9.17, 15) is 14.4 Å². The lowest BCUT2D eigenvalue weighted by Crippen LogP contribution is -2.69. The fourth-order valence-corrected chi connectivity index (χ4v) is 5.29. The smallest absolute Gasteiger partial charge is 0.252 e. The molecule has 1 N–H and O–H groups in total. The van der Waals surface area contributed by atoms with Crippen molar-refractivity contribution in [2.24, 2.45) is 0 Å². The van der Waals surface area contributed by atoms with E-state index in [4.69, 9.17) is 0 Å². The molecule has 1 spiro atoms. The van der Waals surface area contributed by atoms with Gasteiger partial charge in [-0.3, -0.25) is 19.7 Å². The largest absolute Gasteiger partial charge is 0.319 e. The van der Waals surface area contributed by atoms with Gasteiger partial charge in [0.15, 0.2) is 5.16 Å². The molecular weight excluding hydrogens is 376 g/mol. The van der Waals surface area contributed by atoms with E-state index in [0.29, 0.717) is 12.8 Å². The Bertz CT molecular complexity index is 933. The Morgan fingerprint density at radius 1 is 1.21 bits per heavy atom. The van der Waals surface area contributed by atoms with Crippen LogP contribution in [-0.4, -0.2) is 50.0 Å². The summed E-state index contributed by atoms with van der Waals surface area (Å²) in [6, 6.07) is 7.89. The van der Waals surface area contributed by atoms with Crippen LogP contribution in [0, 0.1) is 0 Å². The normalized spacial score (nSPS) is 19.2. The van der Waals surface area contributed by atoms with Crippen molar-refractivity contribution in [3.8, 4) is 0 Å². The second-order valence-electron chi connectivity index (χ2n) is 7.37. The standard InChI is InChI=1S/C20H24N4O3S/c1-2-23-15-9-5-4-8-14(15)21-19(23)28-13-17(26)24-12-16(25)22-18(27)20(24)10-6-3-7-11-20/h4-5,8-9H,2-3,6-7,10-13H2,1H3,(H,22,25,27). The molecule has 2 heterocycles. The highest BCUT2D eigenvalue weighted by molar-refractivity contribution is 7.99. The van der Waals surface area contributed by atoms with Crippen molar-refractivity contribution >= 4 is 40.5 Å². The summed E-state index contributed by atoms with van der Waals surface area (Å²) in [7, 11) is 0. The van der Waals surface area contributed by atoms with Gasteiger partial charge in [0.2, 0.25) is 11.8 Å². The number of amides is 3. The first-order valence-corrected chi connectivity index (χ1v) is 10.8. The van der Waals surface area contributed by atoms with E-state index in [2.05, 4.69) is 14.9 Å². The van der Waals surface area contributed by atoms with Crippen LogP contribution < -0.4 is 5.32 Å². The van der Waals surface area contributed by atoms with Crippen molar-refractivity contribution in [1.29, 1.82) is 0 Å². The van der Waals surface area contributed by atoms with Crippen molar-refractivity contribution in [3.05, 3.63) is 24.3 Å². The molecule has 3 amide bonds. The third-order valence-corrected chi connectivity index (χ3v) is 6.70. The highest BCUT2D eigenvalue weighted by Gasteiger charge is 2.50. The molecule has 1 aliphatic carbocycles. The quantitative estimate of drug-likeness (QED) is 0.629. The predicted octanol–water partition coefficient (Wildman–Crippen LogP) is 2.34. The Morgan fingerprint density at radius 3 is 2.71 bits per heavy atom. The van der Waals surface area contributed by atoms with Crippen LogP contribution in [0.4, 0.5) is 0 Å². The Balaban J connectivity index is 1.55. The molecule has 2 aromatic rings. The highest BCUT2D eigenvalue weighted by atomic mass is 32.2. The zero-order valence-electron chi connectivity index (χ0n) is 15.9. The molecule has 1 aliphatic heterocycles. The van der Waals surface area contributed by atoms with Gasteiger partial charge >= 0.3 is 0 Å². The lowest BCUT2D eigenvalue weighted by Gasteiger charge is -2.47. The molecule has 1 saturated carbocycles. The average Bonchev–Trinajstić information content (AvgIpc) is 3.07. The lowest BCUT2D eigenvalue weighted by atomic mass is 9.78. The van der Waals surface area contributed by atoms with Crippen LogP contribution in [-0.2, 0) is 20.9 Å². The van der Waals surface area contributed by atoms with Crippen molar-refractivity contribution in [1.82, 2.24) is 19.8 Å². The molecule has 28 heavy (non-hydrogen) atoms. The topological polar surface area (TPSA) is 84.3 Å². The summed E-state index contributed by atoms with van der Waals surface area (Å²) >= 11 is 1.37. The number of rotatable bonds is 4. The number of aryl methyl sites for hydroxylation is 1. The summed E-state index contributed by atoms with van der Waals surface area (Å²) in [5.41, 5.74) is 1.07. The van der Waals surface area contributed by atoms with Gasteiger partial charge in [0.25, 0.3) is 5.91 Å². The summed E-state index contributed by atoms with van der Waals surface area (Å²) in [5.74, 6) is -0.737. The SMILES string of the molecule is CCn1c(SCC(=O)N2CC(=O)NC(=O)C23CCCCC3)nc2ccccc21. The minimum absolute atomic E-state index is 0.0463. The molecular formula is C20H24N4O3S. The van der Waals surface area contributed by atoms with Gasteiger partial charge in [0.1, 0.15) is 12.1 Å². The number of para-hydroxylation sites is 2. The lowest BCUT2D eigenvalue weighted by molar-refractivity contribution is -0.158. The molecule has 0 bridgehead atoms. The number of fused-ring (bicyclic) bond motifs is 1. The summed E-state index contributed by atoms with van der Waals surface area (Å²) in [5, 5.41) is 3.22. The molecule has 0 atom stereocenters. The number of imidazole rings is 1. The van der Waals surface area contributed by atoms with E-state index in [-0.39, 0.29) is 24.1 Å². The Labute approximate surface area is 167 Å². The fourth-order valence-electron chi connectivity index (χ4n) is 4.33. The molecule has 0 radical (unpaired) electrons. The van der Waals surface area contributed by atoms with Crippen LogP contribution in [0.2, 0.25) is 0 Å². The van der Waals surface area contributed by atoms with Gasteiger partial charge in [0.05, 0.1) is 16.8 Å². The Morgan fingerprint density at radius 2 is 1.96 bits per heavy atom. The van der Waals surface area contributed by atoms with Gasteiger partial charge in [-0.05, 0) is 31.9 Å². The molecule has 1 saturated heterocycles. The summed E-state index contributed by atoms with van der Waals surface area (Å²) < 4.78 is 2.08. The van der Waals surface area contributed by atoms with Crippen LogP contribution in [0.1, 0.15) is 39.0 Å². The minimum Gasteiger partial charge on any atom is -0.319 e. The first-order valence-electron chi connectivity index (χ1n) is 9.78. The number of aromatic nitrogens is 2. The number of piperazine rings is 1. The molecule has 4 rings (SSSR count). The second kappa shape index (κ2) is 7.58. The monoisotopic (exact) mass is 400 g/mol. The van der Waals surface area contributed by atoms with Gasteiger partial charge in [0, 0.05) is 6.54 Å². The maximum absolute atomic E-state index is 13.1. The number of carbonyl (C=O) groups excluding carboxylic acids is 3.